The smallest absolute Gasteiger partial charge is 0.123 e. The van der Waals surface area contributed by atoms with Crippen LogP contribution in [-0.2, 0) is 22.3 Å². The minimum atomic E-state index is -0.960. The summed E-state index contributed by atoms with van der Waals surface area (Å²) >= 11 is 1.74. The van der Waals surface area contributed by atoms with Gasteiger partial charge in [0.2, 0.25) is 0 Å². The van der Waals surface area contributed by atoms with Gasteiger partial charge in [0.25, 0.3) is 0 Å². The van der Waals surface area contributed by atoms with Gasteiger partial charge in [-0.15, -0.1) is 11.3 Å². The van der Waals surface area contributed by atoms with E-state index in [2.05, 4.69) is 5.38 Å². The summed E-state index contributed by atoms with van der Waals surface area (Å²) in [5, 5.41) is 3.32. The van der Waals surface area contributed by atoms with Gasteiger partial charge in [0.1, 0.15) is 5.75 Å². The molecule has 1 unspecified atom stereocenters. The molecule has 0 spiro atoms. The normalized spacial score (nSPS) is 16.6. The van der Waals surface area contributed by atoms with Gasteiger partial charge in [-0.2, -0.15) is 0 Å². The average molecular weight is 350 g/mol. The lowest BCUT2D eigenvalue weighted by molar-refractivity contribution is 0.337. The fourth-order valence-electron chi connectivity index (χ4n) is 3.06. The Kier molecular flexibility index (Phi) is 5.84. The maximum atomic E-state index is 12.5. The molecule has 1 aromatic heterocycles. The van der Waals surface area contributed by atoms with Crippen molar-refractivity contribution >= 4 is 22.1 Å². The second kappa shape index (κ2) is 8.06. The number of nitrogens with zero attached hydrogens (tertiary/aromatic N) is 1. The van der Waals surface area contributed by atoms with Crippen molar-refractivity contribution in [3.63, 3.8) is 0 Å². The summed E-state index contributed by atoms with van der Waals surface area (Å²) in [7, 11) is -0.960. The third-order valence-electron chi connectivity index (χ3n) is 4.17. The van der Waals surface area contributed by atoms with Crippen LogP contribution in [0.5, 0.6) is 5.75 Å². The van der Waals surface area contributed by atoms with Crippen molar-refractivity contribution in [3.05, 3.63) is 45.9 Å². The number of rotatable bonds is 7. The number of benzene rings is 1. The molecule has 1 aliphatic carbocycles. The first-order valence-corrected chi connectivity index (χ1v) is 10.6. The number of hydrogen-bond acceptors (Lipinski definition) is 4. The molecule has 1 aromatic carbocycles. The number of thiazole rings is 1. The average Bonchev–Trinajstić information content (AvgIpc) is 3.20. The van der Waals surface area contributed by atoms with Crippen LogP contribution in [0, 0.1) is 0 Å². The predicted octanol–water partition coefficient (Wildman–Crippen LogP) is 4.65. The number of aromatic nitrogens is 1. The molecule has 5 heteroatoms. The summed E-state index contributed by atoms with van der Waals surface area (Å²) in [5.74, 6) is 2.53. The summed E-state index contributed by atoms with van der Waals surface area (Å²) in [5.41, 5.74) is 1.99. The molecule has 1 saturated carbocycles. The van der Waals surface area contributed by atoms with Crippen molar-refractivity contribution in [3.8, 4) is 5.75 Å². The van der Waals surface area contributed by atoms with E-state index in [1.807, 2.05) is 31.2 Å². The zero-order chi connectivity index (χ0) is 16.1. The summed E-state index contributed by atoms with van der Waals surface area (Å²) in [6.07, 6.45) is 5.16. The molecule has 0 radical (unpaired) electrons. The molecule has 124 valence electrons. The predicted molar refractivity (Wildman–Crippen MR) is 96.5 cm³/mol. The van der Waals surface area contributed by atoms with Crippen molar-refractivity contribution in [1.29, 1.82) is 0 Å². The van der Waals surface area contributed by atoms with Gasteiger partial charge in [-0.05, 0) is 25.8 Å². The third-order valence-corrected chi connectivity index (χ3v) is 6.48. The topological polar surface area (TPSA) is 39.2 Å². The number of ether oxygens (including phenoxy) is 1. The summed E-state index contributed by atoms with van der Waals surface area (Å²) in [6.45, 7) is 2.59. The largest absolute Gasteiger partial charge is 0.494 e. The Hall–Kier alpha value is -1.20. The molecule has 3 nitrogen and oxygen atoms in total. The van der Waals surface area contributed by atoms with E-state index in [0.29, 0.717) is 24.0 Å². The van der Waals surface area contributed by atoms with E-state index in [9.17, 15) is 4.21 Å². The second-order valence-corrected chi connectivity index (χ2v) is 8.27. The molecule has 1 aliphatic rings. The highest BCUT2D eigenvalue weighted by Crippen LogP contribution is 2.35. The minimum absolute atomic E-state index is 0.520. The number of para-hydroxylation sites is 1. The molecule has 0 bridgehead atoms. The van der Waals surface area contributed by atoms with Gasteiger partial charge < -0.3 is 4.74 Å². The maximum Gasteiger partial charge on any atom is 0.123 e. The monoisotopic (exact) mass is 349 g/mol. The van der Waals surface area contributed by atoms with E-state index in [0.717, 1.165) is 17.0 Å². The van der Waals surface area contributed by atoms with Gasteiger partial charge >= 0.3 is 0 Å². The highest BCUT2D eigenvalue weighted by molar-refractivity contribution is 7.83. The quantitative estimate of drug-likeness (QED) is 0.730. The van der Waals surface area contributed by atoms with E-state index in [1.165, 1.54) is 30.7 Å². The Balaban J connectivity index is 1.61. The Morgan fingerprint density at radius 2 is 2.04 bits per heavy atom. The summed E-state index contributed by atoms with van der Waals surface area (Å²) in [4.78, 5) is 4.73. The molecule has 0 saturated heterocycles. The van der Waals surface area contributed by atoms with Gasteiger partial charge in [0.05, 0.1) is 28.8 Å². The lowest BCUT2D eigenvalue weighted by Crippen LogP contribution is -2.03. The van der Waals surface area contributed by atoms with E-state index in [1.54, 1.807) is 11.3 Å². The first-order valence-electron chi connectivity index (χ1n) is 8.26. The fraction of sp³-hybridized carbons (Fsp3) is 0.500. The Bertz CT molecular complexity index is 663. The zero-order valence-electron chi connectivity index (χ0n) is 13.5. The lowest BCUT2D eigenvalue weighted by atomic mass is 10.1. The van der Waals surface area contributed by atoms with Crippen LogP contribution < -0.4 is 4.74 Å². The molecule has 23 heavy (non-hydrogen) atoms. The van der Waals surface area contributed by atoms with Gasteiger partial charge in [0.15, 0.2) is 0 Å². The number of hydrogen-bond donors (Lipinski definition) is 0. The van der Waals surface area contributed by atoms with Crippen molar-refractivity contribution in [2.24, 2.45) is 0 Å². The van der Waals surface area contributed by atoms with Gasteiger partial charge in [-0.25, -0.2) is 4.98 Å². The van der Waals surface area contributed by atoms with Crippen LogP contribution >= 0.6 is 11.3 Å². The molecule has 1 fully saturated rings. The van der Waals surface area contributed by atoms with Crippen molar-refractivity contribution in [2.45, 2.75) is 50.0 Å². The van der Waals surface area contributed by atoms with Crippen LogP contribution in [0.2, 0.25) is 0 Å². The standard InChI is InChI=1S/C18H23NO2S2/c1-2-21-17-10-6-5-9-15(17)12-23(20)13-16-11-22-18(19-16)14-7-3-4-8-14/h5-6,9-11,14H,2-4,7-8,12-13H2,1H3. The SMILES string of the molecule is CCOc1ccccc1CS(=O)Cc1csc(C2CCCC2)n1. The van der Waals surface area contributed by atoms with Crippen molar-refractivity contribution < 1.29 is 8.95 Å². The molecule has 1 atom stereocenters. The van der Waals surface area contributed by atoms with Crippen molar-refractivity contribution in [1.82, 2.24) is 4.98 Å². The van der Waals surface area contributed by atoms with Crippen LogP contribution in [0.4, 0.5) is 0 Å². The molecular formula is C18H23NO2S2. The molecule has 0 aliphatic heterocycles. The highest BCUT2D eigenvalue weighted by Gasteiger charge is 2.20. The molecule has 0 N–H and O–H groups in total. The third kappa shape index (κ3) is 4.42. The maximum absolute atomic E-state index is 12.5. The first kappa shape index (κ1) is 16.7. The zero-order valence-corrected chi connectivity index (χ0v) is 15.1. The van der Waals surface area contributed by atoms with Crippen LogP contribution in [-0.4, -0.2) is 15.8 Å². The summed E-state index contributed by atoms with van der Waals surface area (Å²) in [6, 6.07) is 7.85. The van der Waals surface area contributed by atoms with E-state index < -0.39 is 10.8 Å². The Morgan fingerprint density at radius 3 is 2.83 bits per heavy atom. The fourth-order valence-corrected chi connectivity index (χ4v) is 5.32. The van der Waals surface area contributed by atoms with Crippen LogP contribution in [0.1, 0.15) is 54.8 Å². The highest BCUT2D eigenvalue weighted by atomic mass is 32.2. The van der Waals surface area contributed by atoms with Crippen LogP contribution in [0.15, 0.2) is 29.6 Å². The lowest BCUT2D eigenvalue weighted by Gasteiger charge is -2.09. The first-order chi connectivity index (χ1) is 11.3. The Morgan fingerprint density at radius 1 is 1.26 bits per heavy atom. The minimum Gasteiger partial charge on any atom is -0.494 e. The molecule has 1 heterocycles. The van der Waals surface area contributed by atoms with E-state index >= 15 is 0 Å². The molecule has 0 amide bonds. The second-order valence-electron chi connectivity index (χ2n) is 5.93. The van der Waals surface area contributed by atoms with Crippen LogP contribution in [0.25, 0.3) is 0 Å². The van der Waals surface area contributed by atoms with Gasteiger partial charge in [0, 0.05) is 27.7 Å². The van der Waals surface area contributed by atoms with Gasteiger partial charge in [-0.3, -0.25) is 4.21 Å². The van der Waals surface area contributed by atoms with E-state index in [-0.39, 0.29) is 0 Å². The van der Waals surface area contributed by atoms with Crippen LogP contribution in [0.3, 0.4) is 0 Å². The van der Waals surface area contributed by atoms with E-state index in [4.69, 9.17) is 9.72 Å². The molecule has 2 aromatic rings. The molecule has 3 rings (SSSR count). The summed E-state index contributed by atoms with van der Waals surface area (Å²) < 4.78 is 18.1. The Labute approximate surface area is 144 Å². The van der Waals surface area contributed by atoms with Gasteiger partial charge in [-0.1, -0.05) is 31.0 Å². The molecular weight excluding hydrogens is 326 g/mol. The van der Waals surface area contributed by atoms with Crippen molar-refractivity contribution in [2.75, 3.05) is 6.61 Å².